The van der Waals surface area contributed by atoms with E-state index in [4.69, 9.17) is 14.2 Å². The topological polar surface area (TPSA) is 114 Å². The molecule has 2 aromatic rings. The second-order valence-corrected chi connectivity index (χ2v) is 11.2. The lowest BCUT2D eigenvalue weighted by Gasteiger charge is -2.35. The van der Waals surface area contributed by atoms with Crippen molar-refractivity contribution in [1.82, 2.24) is 9.03 Å². The van der Waals surface area contributed by atoms with Crippen molar-refractivity contribution < 1.29 is 31.0 Å². The van der Waals surface area contributed by atoms with E-state index in [2.05, 4.69) is 9.62 Å². The first kappa shape index (κ1) is 25.1. The van der Waals surface area contributed by atoms with Crippen LogP contribution in [-0.2, 0) is 20.0 Å². The first-order chi connectivity index (χ1) is 15.7. The minimum Gasteiger partial charge on any atom is -0.497 e. The van der Waals surface area contributed by atoms with E-state index >= 15 is 0 Å². The van der Waals surface area contributed by atoms with Gasteiger partial charge >= 0.3 is 0 Å². The summed E-state index contributed by atoms with van der Waals surface area (Å²) in [5, 5.41) is 0. The lowest BCUT2D eigenvalue weighted by Crippen LogP contribution is -2.50. The molecule has 0 bridgehead atoms. The van der Waals surface area contributed by atoms with Crippen LogP contribution in [0.2, 0.25) is 0 Å². The summed E-state index contributed by atoms with van der Waals surface area (Å²) in [6.07, 6.45) is 0. The van der Waals surface area contributed by atoms with E-state index in [1.165, 1.54) is 36.7 Å². The van der Waals surface area contributed by atoms with Crippen LogP contribution in [0.3, 0.4) is 0 Å². The van der Waals surface area contributed by atoms with Crippen LogP contribution >= 0.6 is 0 Å². The second-order valence-electron chi connectivity index (χ2n) is 7.31. The Bertz CT molecular complexity index is 1140. The minimum atomic E-state index is -3.91. The highest BCUT2D eigenvalue weighted by molar-refractivity contribution is 7.90. The molecule has 0 radical (unpaired) electrons. The van der Waals surface area contributed by atoms with E-state index in [9.17, 15) is 16.8 Å². The molecule has 3 rings (SSSR count). The summed E-state index contributed by atoms with van der Waals surface area (Å²) < 4.78 is 69.8. The van der Waals surface area contributed by atoms with E-state index in [-0.39, 0.29) is 22.9 Å². The largest absolute Gasteiger partial charge is 0.497 e. The van der Waals surface area contributed by atoms with Crippen molar-refractivity contribution in [3.63, 3.8) is 0 Å². The number of anilines is 1. The Morgan fingerprint density at radius 1 is 0.818 bits per heavy atom. The van der Waals surface area contributed by atoms with Crippen LogP contribution in [0.4, 0.5) is 5.69 Å². The Hall–Kier alpha value is -2.54. The number of hydrogen-bond donors (Lipinski definition) is 1. The van der Waals surface area contributed by atoms with Crippen molar-refractivity contribution in [3.05, 3.63) is 42.5 Å². The fraction of sp³-hybridized carbons (Fsp3) is 0.429. The van der Waals surface area contributed by atoms with Crippen molar-refractivity contribution in [2.75, 3.05) is 64.7 Å². The van der Waals surface area contributed by atoms with Gasteiger partial charge in [-0.1, -0.05) is 0 Å². The highest BCUT2D eigenvalue weighted by atomic mass is 32.2. The van der Waals surface area contributed by atoms with E-state index < -0.39 is 20.0 Å². The number of sulfonamides is 2. The third kappa shape index (κ3) is 6.08. The molecule has 2 aromatic carbocycles. The summed E-state index contributed by atoms with van der Waals surface area (Å²) >= 11 is 0. The van der Waals surface area contributed by atoms with Crippen molar-refractivity contribution in [2.24, 2.45) is 0 Å². The summed E-state index contributed by atoms with van der Waals surface area (Å²) in [6, 6.07) is 11.8. The molecule has 12 heteroatoms. The van der Waals surface area contributed by atoms with Crippen LogP contribution in [0.1, 0.15) is 0 Å². The predicted octanol–water partition coefficient (Wildman–Crippen LogP) is 1.14. The van der Waals surface area contributed by atoms with Gasteiger partial charge in [-0.25, -0.2) is 21.6 Å². The normalized spacial score (nSPS) is 15.3. The highest BCUT2D eigenvalue weighted by Crippen LogP contribution is 2.29. The molecule has 0 aromatic heterocycles. The number of hydrogen-bond acceptors (Lipinski definition) is 8. The summed E-state index contributed by atoms with van der Waals surface area (Å²) in [7, 11) is -3.06. The van der Waals surface area contributed by atoms with Crippen molar-refractivity contribution in [1.29, 1.82) is 0 Å². The number of nitrogens with one attached hydrogen (secondary N) is 1. The molecule has 0 unspecified atom stereocenters. The molecule has 33 heavy (non-hydrogen) atoms. The summed E-state index contributed by atoms with van der Waals surface area (Å²) in [6.45, 7) is 1.51. The van der Waals surface area contributed by atoms with Gasteiger partial charge in [0.05, 0.1) is 32.0 Å². The number of methoxy groups -OCH3 is 3. The molecule has 0 amide bonds. The fourth-order valence-corrected chi connectivity index (χ4v) is 6.03. The molecule has 0 atom stereocenters. The molecule has 0 saturated carbocycles. The molecule has 1 aliphatic rings. The summed E-state index contributed by atoms with van der Waals surface area (Å²) in [5.74, 6) is 1.09. The van der Waals surface area contributed by atoms with Gasteiger partial charge in [0.2, 0.25) is 20.0 Å². The number of rotatable bonds is 10. The molecule has 1 saturated heterocycles. The van der Waals surface area contributed by atoms with Gasteiger partial charge in [0.25, 0.3) is 0 Å². The average molecular weight is 500 g/mol. The molecule has 1 aliphatic heterocycles. The standard InChI is InChI=1S/C21H29N3O7S2/c1-29-18-6-4-17(5-7-18)23-11-13-24(14-12-23)32(25,26)15-10-22-33(27,28)19-8-9-20(30-2)21(16-19)31-3/h4-9,16,22H,10-15H2,1-3H3. The van der Waals surface area contributed by atoms with Gasteiger partial charge < -0.3 is 19.1 Å². The molecular weight excluding hydrogens is 470 g/mol. The number of nitrogens with zero attached hydrogens (tertiary/aromatic N) is 2. The molecular formula is C21H29N3O7S2. The van der Waals surface area contributed by atoms with Crippen molar-refractivity contribution in [3.8, 4) is 17.2 Å². The van der Waals surface area contributed by atoms with E-state index in [1.807, 2.05) is 24.3 Å². The Morgan fingerprint density at radius 2 is 1.45 bits per heavy atom. The van der Waals surface area contributed by atoms with E-state index in [1.54, 1.807) is 7.11 Å². The van der Waals surface area contributed by atoms with Crippen LogP contribution in [0.15, 0.2) is 47.4 Å². The van der Waals surface area contributed by atoms with Gasteiger partial charge in [-0.2, -0.15) is 4.31 Å². The molecule has 0 spiro atoms. The SMILES string of the molecule is COc1ccc(N2CCN(S(=O)(=O)CCNS(=O)(=O)c3ccc(OC)c(OC)c3)CC2)cc1. The van der Waals surface area contributed by atoms with E-state index in [0.717, 1.165) is 11.4 Å². The lowest BCUT2D eigenvalue weighted by molar-refractivity contribution is 0.354. The Kier molecular flexibility index (Phi) is 8.05. The Balaban J connectivity index is 1.55. The summed E-state index contributed by atoms with van der Waals surface area (Å²) in [4.78, 5) is 2.07. The number of piperazine rings is 1. The van der Waals surface area contributed by atoms with Crippen LogP contribution < -0.4 is 23.8 Å². The van der Waals surface area contributed by atoms with Crippen LogP contribution in [0, 0.1) is 0 Å². The zero-order chi connectivity index (χ0) is 24.1. The maximum absolute atomic E-state index is 12.7. The van der Waals surface area contributed by atoms with Gasteiger partial charge in [0, 0.05) is 44.5 Å². The Labute approximate surface area is 195 Å². The first-order valence-electron chi connectivity index (χ1n) is 10.3. The maximum Gasteiger partial charge on any atom is 0.240 e. The fourth-order valence-electron chi connectivity index (χ4n) is 3.52. The third-order valence-corrected chi connectivity index (χ3v) is 8.72. The monoisotopic (exact) mass is 499 g/mol. The minimum absolute atomic E-state index is 0.0364. The van der Waals surface area contributed by atoms with Crippen molar-refractivity contribution >= 4 is 25.7 Å². The second kappa shape index (κ2) is 10.6. The quantitative estimate of drug-likeness (QED) is 0.518. The molecule has 182 valence electrons. The zero-order valence-electron chi connectivity index (χ0n) is 18.9. The zero-order valence-corrected chi connectivity index (χ0v) is 20.5. The maximum atomic E-state index is 12.7. The number of ether oxygens (including phenoxy) is 3. The van der Waals surface area contributed by atoms with Crippen molar-refractivity contribution in [2.45, 2.75) is 4.90 Å². The smallest absolute Gasteiger partial charge is 0.240 e. The van der Waals surface area contributed by atoms with Gasteiger partial charge in [-0.15, -0.1) is 0 Å². The van der Waals surface area contributed by atoms with Gasteiger partial charge in [-0.05, 0) is 36.4 Å². The van der Waals surface area contributed by atoms with Gasteiger partial charge in [0.15, 0.2) is 11.5 Å². The van der Waals surface area contributed by atoms with Gasteiger partial charge in [-0.3, -0.25) is 0 Å². The molecule has 1 fully saturated rings. The van der Waals surface area contributed by atoms with E-state index in [0.29, 0.717) is 31.9 Å². The summed E-state index contributed by atoms with van der Waals surface area (Å²) in [5.41, 5.74) is 0.996. The highest BCUT2D eigenvalue weighted by Gasteiger charge is 2.27. The number of benzene rings is 2. The van der Waals surface area contributed by atoms with Crippen LogP contribution in [0.5, 0.6) is 17.2 Å². The van der Waals surface area contributed by atoms with Gasteiger partial charge in [0.1, 0.15) is 5.75 Å². The third-order valence-electron chi connectivity index (χ3n) is 5.39. The average Bonchev–Trinajstić information content (AvgIpc) is 2.83. The molecule has 1 N–H and O–H groups in total. The van der Waals surface area contributed by atoms with Crippen LogP contribution in [0.25, 0.3) is 0 Å². The lowest BCUT2D eigenvalue weighted by atomic mass is 10.2. The molecule has 1 heterocycles. The Morgan fingerprint density at radius 3 is 2.03 bits per heavy atom. The van der Waals surface area contributed by atoms with Crippen LogP contribution in [-0.4, -0.2) is 80.9 Å². The first-order valence-corrected chi connectivity index (χ1v) is 13.4. The predicted molar refractivity (Wildman–Crippen MR) is 125 cm³/mol. The molecule has 0 aliphatic carbocycles. The molecule has 10 nitrogen and oxygen atoms in total.